The Balaban J connectivity index is 2.10. The van der Waals surface area contributed by atoms with Crippen molar-refractivity contribution in [3.05, 3.63) is 83.2 Å². The van der Waals surface area contributed by atoms with Crippen LogP contribution < -0.4 is 9.47 Å². The van der Waals surface area contributed by atoms with E-state index in [0.717, 1.165) is 41.9 Å². The number of nitrogens with zero attached hydrogens (tertiary/aromatic N) is 1. The van der Waals surface area contributed by atoms with Gasteiger partial charge >= 0.3 is 5.97 Å². The molecule has 0 unspecified atom stereocenters. The van der Waals surface area contributed by atoms with Crippen LogP contribution in [0.15, 0.2) is 60.8 Å². The van der Waals surface area contributed by atoms with Gasteiger partial charge in [0.25, 0.3) is 0 Å². The molecule has 0 fully saturated rings. The Morgan fingerprint density at radius 3 is 2.17 bits per heavy atom. The van der Waals surface area contributed by atoms with E-state index in [4.69, 9.17) is 18.6 Å². The maximum atomic E-state index is 12.8. The van der Waals surface area contributed by atoms with Crippen molar-refractivity contribution < 1.29 is 23.4 Å². The number of aryl methyl sites for hydroxylation is 1. The van der Waals surface area contributed by atoms with Crippen molar-refractivity contribution in [2.24, 2.45) is 5.92 Å². The lowest BCUT2D eigenvalue weighted by Crippen LogP contribution is -2.43. The monoisotopic (exact) mass is 579 g/mol. The predicted octanol–water partition coefficient (Wildman–Crippen LogP) is 8.39. The average Bonchev–Trinajstić information content (AvgIpc) is 3.40. The summed E-state index contributed by atoms with van der Waals surface area (Å²) >= 11 is 0. The zero-order valence-electron chi connectivity index (χ0n) is 26.5. The first-order valence-corrected chi connectivity index (χ1v) is 17.6. The summed E-state index contributed by atoms with van der Waals surface area (Å²) in [5.74, 6) is 1.32. The summed E-state index contributed by atoms with van der Waals surface area (Å²) in [6, 6.07) is 18.5. The average molecular weight is 580 g/mol. The third-order valence-electron chi connectivity index (χ3n) is 8.39. The number of esters is 1. The number of ether oxygens (including phenoxy) is 3. The van der Waals surface area contributed by atoms with Crippen molar-refractivity contribution in [2.45, 2.75) is 84.7 Å². The van der Waals surface area contributed by atoms with Crippen LogP contribution in [0, 0.1) is 12.8 Å². The van der Waals surface area contributed by atoms with E-state index < -0.39 is 8.32 Å². The van der Waals surface area contributed by atoms with Crippen molar-refractivity contribution in [3.8, 4) is 11.5 Å². The highest BCUT2D eigenvalue weighted by Crippen LogP contribution is 2.45. The molecule has 2 aromatic carbocycles. The van der Waals surface area contributed by atoms with Gasteiger partial charge in [-0.15, -0.1) is 0 Å². The molecule has 1 aromatic heterocycles. The fraction of sp³-hybridized carbons (Fsp3) is 0.500. The summed E-state index contributed by atoms with van der Waals surface area (Å²) in [6.45, 7) is 16.2. The highest BCUT2D eigenvalue weighted by molar-refractivity contribution is 6.74. The standard InChI is InChI=1S/C34H49NO5Si/c1-10-39-33(36)29-20-15-21-35(29)24-27(19-14-18-26-16-12-11-13-17-26)32(40-41(8,9)34(3,4)5)28-22-30(37-6)25(2)31(23-28)38-7/h11-13,15-17,20-23,27,32H,10,14,18-19,24H2,1-9H3/t27-,32-/m0/s1. The summed E-state index contributed by atoms with van der Waals surface area (Å²) in [5.41, 5.74) is 3.87. The van der Waals surface area contributed by atoms with Crippen LogP contribution in [-0.2, 0) is 22.1 Å². The first-order chi connectivity index (χ1) is 19.4. The Bertz CT molecular complexity index is 1240. The molecule has 41 heavy (non-hydrogen) atoms. The first-order valence-electron chi connectivity index (χ1n) is 14.7. The van der Waals surface area contributed by atoms with Crippen LogP contribution in [-0.4, -0.2) is 39.7 Å². The van der Waals surface area contributed by atoms with Gasteiger partial charge in [0.15, 0.2) is 8.32 Å². The van der Waals surface area contributed by atoms with E-state index in [1.165, 1.54) is 5.56 Å². The van der Waals surface area contributed by atoms with E-state index in [0.29, 0.717) is 18.8 Å². The van der Waals surface area contributed by atoms with Gasteiger partial charge < -0.3 is 23.2 Å². The molecule has 0 saturated heterocycles. The molecule has 0 spiro atoms. The third-order valence-corrected chi connectivity index (χ3v) is 12.8. The number of methoxy groups -OCH3 is 2. The van der Waals surface area contributed by atoms with Crippen LogP contribution in [0.2, 0.25) is 18.1 Å². The molecule has 6 nitrogen and oxygen atoms in total. The first kappa shape index (κ1) is 32.5. The van der Waals surface area contributed by atoms with Crippen LogP contribution in [0.25, 0.3) is 0 Å². The molecule has 0 aliphatic carbocycles. The molecule has 2 atom stereocenters. The predicted molar refractivity (Wildman–Crippen MR) is 169 cm³/mol. The topological polar surface area (TPSA) is 58.9 Å². The summed E-state index contributed by atoms with van der Waals surface area (Å²) in [6.07, 6.45) is 4.61. The van der Waals surface area contributed by atoms with Gasteiger partial charge in [0.2, 0.25) is 0 Å². The van der Waals surface area contributed by atoms with Gasteiger partial charge in [0, 0.05) is 24.2 Å². The molecule has 0 N–H and O–H groups in total. The number of benzene rings is 2. The number of rotatable bonds is 14. The van der Waals surface area contributed by atoms with Crippen LogP contribution in [0.5, 0.6) is 11.5 Å². The van der Waals surface area contributed by atoms with E-state index in [-0.39, 0.29) is 23.0 Å². The maximum absolute atomic E-state index is 12.8. The molecule has 0 aliphatic heterocycles. The quantitative estimate of drug-likeness (QED) is 0.142. The Labute approximate surface area is 248 Å². The van der Waals surface area contributed by atoms with Crippen molar-refractivity contribution in [3.63, 3.8) is 0 Å². The molecule has 3 aromatic rings. The molecule has 3 rings (SSSR count). The van der Waals surface area contributed by atoms with Gasteiger partial charge in [0.1, 0.15) is 17.2 Å². The minimum absolute atomic E-state index is 0.0161. The number of carbonyl (C=O) groups excluding carboxylic acids is 1. The fourth-order valence-corrected chi connectivity index (χ4v) is 6.29. The molecule has 0 saturated carbocycles. The summed E-state index contributed by atoms with van der Waals surface area (Å²) < 4.78 is 26.3. The third kappa shape index (κ3) is 8.26. The van der Waals surface area contributed by atoms with Gasteiger partial charge in [-0.25, -0.2) is 4.79 Å². The number of hydrogen-bond donors (Lipinski definition) is 0. The number of hydrogen-bond acceptors (Lipinski definition) is 5. The van der Waals surface area contributed by atoms with E-state index in [2.05, 4.69) is 76.3 Å². The van der Waals surface area contributed by atoms with Crippen LogP contribution in [0.1, 0.15) is 73.8 Å². The van der Waals surface area contributed by atoms with Crippen molar-refractivity contribution >= 4 is 14.3 Å². The van der Waals surface area contributed by atoms with Gasteiger partial charge in [-0.05, 0) is 86.6 Å². The van der Waals surface area contributed by atoms with E-state index >= 15 is 0 Å². The van der Waals surface area contributed by atoms with Crippen LogP contribution in [0.3, 0.4) is 0 Å². The Kier molecular flexibility index (Phi) is 11.3. The van der Waals surface area contributed by atoms with E-state index in [1.54, 1.807) is 14.2 Å². The molecule has 0 aliphatic rings. The Hall–Kier alpha value is -3.03. The molecule has 0 amide bonds. The molecular formula is C34H49NO5Si. The summed E-state index contributed by atoms with van der Waals surface area (Å²) in [7, 11) is 1.17. The zero-order valence-corrected chi connectivity index (χ0v) is 27.5. The highest BCUT2D eigenvalue weighted by Gasteiger charge is 2.41. The minimum atomic E-state index is -2.22. The molecule has 0 bridgehead atoms. The lowest BCUT2D eigenvalue weighted by atomic mass is 9.89. The highest BCUT2D eigenvalue weighted by atomic mass is 28.4. The van der Waals surface area contributed by atoms with Crippen molar-refractivity contribution in [1.82, 2.24) is 4.57 Å². The second kappa shape index (κ2) is 14.2. The lowest BCUT2D eigenvalue weighted by Gasteiger charge is -2.42. The largest absolute Gasteiger partial charge is 0.496 e. The van der Waals surface area contributed by atoms with Crippen LogP contribution in [0.4, 0.5) is 0 Å². The summed E-state index contributed by atoms with van der Waals surface area (Å²) in [5, 5.41) is 0.0161. The lowest BCUT2D eigenvalue weighted by molar-refractivity contribution is 0.0505. The van der Waals surface area contributed by atoms with Gasteiger partial charge in [-0.2, -0.15) is 0 Å². The molecular weight excluding hydrogens is 530 g/mol. The van der Waals surface area contributed by atoms with Crippen molar-refractivity contribution in [2.75, 3.05) is 20.8 Å². The molecule has 0 radical (unpaired) electrons. The number of carbonyl (C=O) groups is 1. The SMILES string of the molecule is CCOC(=O)c1cccn1C[C@H](CCCc1ccccc1)[C@H](O[Si](C)(C)C(C)(C)C)c1cc(OC)c(C)c(OC)c1. The van der Waals surface area contributed by atoms with Crippen LogP contribution >= 0.6 is 0 Å². The minimum Gasteiger partial charge on any atom is -0.496 e. The van der Waals surface area contributed by atoms with Gasteiger partial charge in [-0.1, -0.05) is 51.1 Å². The van der Waals surface area contributed by atoms with Crippen molar-refractivity contribution in [1.29, 1.82) is 0 Å². The smallest absolute Gasteiger partial charge is 0.354 e. The maximum Gasteiger partial charge on any atom is 0.354 e. The Morgan fingerprint density at radius 1 is 0.976 bits per heavy atom. The molecule has 7 heteroatoms. The number of aromatic nitrogens is 1. The van der Waals surface area contributed by atoms with E-state index in [9.17, 15) is 4.79 Å². The zero-order chi connectivity index (χ0) is 30.2. The van der Waals surface area contributed by atoms with Gasteiger partial charge in [-0.3, -0.25) is 0 Å². The fourth-order valence-electron chi connectivity index (χ4n) is 4.97. The van der Waals surface area contributed by atoms with Gasteiger partial charge in [0.05, 0.1) is 26.9 Å². The second-order valence-electron chi connectivity index (χ2n) is 12.3. The van der Waals surface area contributed by atoms with E-state index in [1.807, 2.05) is 36.7 Å². The Morgan fingerprint density at radius 2 is 1.61 bits per heavy atom. The molecule has 1 heterocycles. The summed E-state index contributed by atoms with van der Waals surface area (Å²) in [4.78, 5) is 12.8. The normalized spacial score (nSPS) is 13.5. The molecule has 224 valence electrons. The second-order valence-corrected chi connectivity index (χ2v) is 17.0.